The second kappa shape index (κ2) is 5.13. The van der Waals surface area contributed by atoms with Gasteiger partial charge in [0.05, 0.1) is 12.2 Å². The lowest BCUT2D eigenvalue weighted by atomic mass is 9.36. The van der Waals surface area contributed by atoms with Crippen LogP contribution in [0.15, 0.2) is 0 Å². The first-order chi connectivity index (χ1) is 13.2. The summed E-state index contributed by atoms with van der Waals surface area (Å²) >= 11 is 0. The van der Waals surface area contributed by atoms with Crippen LogP contribution >= 0.6 is 0 Å². The zero-order valence-electron chi connectivity index (χ0n) is 17.8. The van der Waals surface area contributed by atoms with Gasteiger partial charge in [-0.25, -0.2) is 0 Å². The van der Waals surface area contributed by atoms with Crippen molar-refractivity contribution in [1.82, 2.24) is 0 Å². The van der Waals surface area contributed by atoms with Gasteiger partial charge in [0.25, 0.3) is 0 Å². The van der Waals surface area contributed by atoms with E-state index in [1.54, 1.807) is 0 Å². The third-order valence-corrected chi connectivity index (χ3v) is 11.4. The van der Waals surface area contributed by atoms with E-state index < -0.39 is 0 Å². The van der Waals surface area contributed by atoms with E-state index in [-0.39, 0.29) is 27.3 Å². The van der Waals surface area contributed by atoms with Crippen LogP contribution in [0.1, 0.15) is 104 Å². The van der Waals surface area contributed by atoms with Gasteiger partial charge in [-0.1, -0.05) is 13.8 Å². The molecule has 6 bridgehead atoms. The smallest absolute Gasteiger partial charge is 0.140 e. The van der Waals surface area contributed by atoms with E-state index in [1.165, 1.54) is 12.8 Å². The van der Waals surface area contributed by atoms with Gasteiger partial charge in [0.1, 0.15) is 11.6 Å². The largest absolute Gasteiger partial charge is 0.374 e. The summed E-state index contributed by atoms with van der Waals surface area (Å²) in [5.74, 6) is 0.886. The Labute approximate surface area is 169 Å². The summed E-state index contributed by atoms with van der Waals surface area (Å²) in [6.07, 6.45) is 14.6. The number of carbonyl (C=O) groups is 2. The Morgan fingerprint density at radius 2 is 1.11 bits per heavy atom. The lowest BCUT2D eigenvalue weighted by molar-refractivity contribution is -0.262. The SMILES string of the molecule is CC12CCC(C34CCC(C56CCC(C)(CC5)CC6=O)(CC3)C(=O)C4)(CC1)OC2. The first-order valence-electron chi connectivity index (χ1n) is 11.9. The van der Waals surface area contributed by atoms with Crippen molar-refractivity contribution in [2.45, 2.75) is 109 Å². The molecule has 0 aromatic rings. The quantitative estimate of drug-likeness (QED) is 0.641. The topological polar surface area (TPSA) is 43.4 Å². The number of Topliss-reactive ketones (excluding diaryl/α,β-unsaturated/α-hetero) is 2. The standard InChI is InChI=1S/C25H36O3/c1-20-3-9-23(10-4-20,18(26)15-20)24-11-7-22(8-12-24,16-19(24)27)25-13-5-21(2,6-14-25)17-28-25/h3-17H2,1-2H3. The molecule has 0 spiro atoms. The lowest BCUT2D eigenvalue weighted by Gasteiger charge is -2.69. The molecule has 0 atom stereocenters. The molecule has 0 unspecified atom stereocenters. The minimum atomic E-state index is -0.331. The monoisotopic (exact) mass is 384 g/mol. The Morgan fingerprint density at radius 3 is 1.57 bits per heavy atom. The minimum absolute atomic E-state index is 0.0492. The van der Waals surface area contributed by atoms with E-state index in [1.807, 2.05) is 0 Å². The molecule has 0 radical (unpaired) electrons. The maximum Gasteiger partial charge on any atom is 0.140 e. The highest BCUT2D eigenvalue weighted by Gasteiger charge is 2.72. The van der Waals surface area contributed by atoms with Crippen LogP contribution in [-0.2, 0) is 14.3 Å². The van der Waals surface area contributed by atoms with Gasteiger partial charge in [-0.2, -0.15) is 0 Å². The van der Waals surface area contributed by atoms with E-state index in [0.29, 0.717) is 23.4 Å². The molecule has 7 saturated carbocycles. The molecule has 9 rings (SSSR count). The van der Waals surface area contributed by atoms with Crippen LogP contribution in [0.3, 0.4) is 0 Å². The zero-order chi connectivity index (χ0) is 19.5. The van der Waals surface area contributed by atoms with E-state index in [4.69, 9.17) is 4.74 Å². The minimum Gasteiger partial charge on any atom is -0.374 e. The number of rotatable bonds is 2. The predicted octanol–water partition coefficient (Wildman–Crippen LogP) is 5.39. The summed E-state index contributed by atoms with van der Waals surface area (Å²) in [7, 11) is 0. The Bertz CT molecular complexity index is 721. The van der Waals surface area contributed by atoms with Gasteiger partial charge in [0.2, 0.25) is 0 Å². The number of ether oxygens (including phenoxy) is 1. The van der Waals surface area contributed by atoms with Crippen LogP contribution in [0.5, 0.6) is 0 Å². The molecule has 2 heterocycles. The average Bonchev–Trinajstić information content (AvgIpc) is 2.70. The van der Waals surface area contributed by atoms with Crippen molar-refractivity contribution in [3.8, 4) is 0 Å². The molecule has 154 valence electrons. The highest BCUT2D eigenvalue weighted by molar-refractivity contribution is 5.98. The Kier molecular flexibility index (Phi) is 3.31. The van der Waals surface area contributed by atoms with Crippen molar-refractivity contribution >= 4 is 11.6 Å². The summed E-state index contributed by atoms with van der Waals surface area (Å²) in [6.45, 7) is 5.54. The molecule has 0 aromatic carbocycles. The summed E-state index contributed by atoms with van der Waals surface area (Å²) in [6, 6.07) is 0. The van der Waals surface area contributed by atoms with Crippen molar-refractivity contribution in [3.63, 3.8) is 0 Å². The van der Waals surface area contributed by atoms with Gasteiger partial charge in [-0.05, 0) is 87.9 Å². The van der Waals surface area contributed by atoms with E-state index in [9.17, 15) is 9.59 Å². The third-order valence-electron chi connectivity index (χ3n) is 11.4. The summed E-state index contributed by atoms with van der Waals surface area (Å²) in [4.78, 5) is 27.2. The van der Waals surface area contributed by atoms with Crippen molar-refractivity contribution < 1.29 is 14.3 Å². The van der Waals surface area contributed by atoms with Crippen LogP contribution in [-0.4, -0.2) is 23.8 Å². The van der Waals surface area contributed by atoms with Crippen LogP contribution in [0.25, 0.3) is 0 Å². The predicted molar refractivity (Wildman–Crippen MR) is 107 cm³/mol. The lowest BCUT2D eigenvalue weighted by Crippen LogP contribution is -2.69. The fraction of sp³-hybridized carbons (Fsp3) is 0.920. The van der Waals surface area contributed by atoms with Gasteiger partial charge < -0.3 is 4.74 Å². The zero-order valence-corrected chi connectivity index (χ0v) is 17.8. The van der Waals surface area contributed by atoms with Crippen LogP contribution < -0.4 is 0 Å². The van der Waals surface area contributed by atoms with Gasteiger partial charge in [0, 0.05) is 29.1 Å². The number of ketones is 2. The molecule has 7 aliphatic carbocycles. The summed E-state index contributed by atoms with van der Waals surface area (Å²) < 4.78 is 6.63. The van der Waals surface area contributed by atoms with E-state index in [0.717, 1.165) is 77.2 Å². The maximum atomic E-state index is 13.9. The molecule has 0 N–H and O–H groups in total. The second-order valence-electron chi connectivity index (χ2n) is 12.5. The molecule has 2 saturated heterocycles. The van der Waals surface area contributed by atoms with Crippen LogP contribution in [0, 0.1) is 27.1 Å². The second-order valence-corrected chi connectivity index (χ2v) is 12.5. The molecule has 2 aliphatic heterocycles. The van der Waals surface area contributed by atoms with Crippen LogP contribution in [0.2, 0.25) is 0 Å². The normalized spacial score (nSPS) is 57.8. The summed E-state index contributed by atoms with van der Waals surface area (Å²) in [5.41, 5.74) is -0.0444. The fourth-order valence-electron chi connectivity index (χ4n) is 9.03. The Hall–Kier alpha value is -0.700. The molecular weight excluding hydrogens is 348 g/mol. The van der Waals surface area contributed by atoms with Crippen molar-refractivity contribution in [2.75, 3.05) is 6.61 Å². The molecular formula is C25H36O3. The van der Waals surface area contributed by atoms with Crippen molar-refractivity contribution in [3.05, 3.63) is 0 Å². The van der Waals surface area contributed by atoms with Crippen molar-refractivity contribution in [1.29, 1.82) is 0 Å². The van der Waals surface area contributed by atoms with Gasteiger partial charge in [-0.3, -0.25) is 9.59 Å². The number of fused-ring (bicyclic) bond motifs is 9. The maximum absolute atomic E-state index is 13.9. The fourth-order valence-corrected chi connectivity index (χ4v) is 9.03. The Balaban J connectivity index is 1.33. The molecule has 3 nitrogen and oxygen atoms in total. The average molecular weight is 385 g/mol. The number of hydrogen-bond donors (Lipinski definition) is 0. The summed E-state index contributed by atoms with van der Waals surface area (Å²) in [5, 5.41) is 0. The molecule has 0 aromatic heterocycles. The Morgan fingerprint density at radius 1 is 0.607 bits per heavy atom. The van der Waals surface area contributed by atoms with Crippen LogP contribution in [0.4, 0.5) is 0 Å². The number of carbonyl (C=O) groups excluding carboxylic acids is 2. The molecule has 3 heteroatoms. The first kappa shape index (κ1) is 18.1. The van der Waals surface area contributed by atoms with Gasteiger partial charge in [-0.15, -0.1) is 0 Å². The van der Waals surface area contributed by atoms with Gasteiger partial charge >= 0.3 is 0 Å². The van der Waals surface area contributed by atoms with Crippen molar-refractivity contribution in [2.24, 2.45) is 27.1 Å². The highest BCUT2D eigenvalue weighted by Crippen LogP contribution is 2.73. The molecule has 0 amide bonds. The van der Waals surface area contributed by atoms with E-state index >= 15 is 0 Å². The molecule has 9 aliphatic rings. The third kappa shape index (κ3) is 1.92. The highest BCUT2D eigenvalue weighted by atomic mass is 16.5. The van der Waals surface area contributed by atoms with Gasteiger partial charge in [0.15, 0.2) is 0 Å². The molecule has 9 fully saturated rings. The van der Waals surface area contributed by atoms with E-state index in [2.05, 4.69) is 13.8 Å². The molecule has 28 heavy (non-hydrogen) atoms. The number of hydrogen-bond acceptors (Lipinski definition) is 3. The first-order valence-corrected chi connectivity index (χ1v) is 11.9.